The van der Waals surface area contributed by atoms with Crippen molar-refractivity contribution in [2.75, 3.05) is 0 Å². The van der Waals surface area contributed by atoms with Gasteiger partial charge in [-0.1, -0.05) is 0 Å². The Morgan fingerprint density at radius 1 is 1.09 bits per heavy atom. The molecule has 0 N–H and O–H groups in total. The van der Waals surface area contributed by atoms with Gasteiger partial charge >= 0.3 is 140 Å². The Morgan fingerprint density at radius 3 is 2.68 bits per heavy atom. The molecule has 0 amide bonds. The molecule has 0 fully saturated rings. The monoisotopic (exact) mass is 324 g/mol. The molecular formula is C21H24Ti. The van der Waals surface area contributed by atoms with Gasteiger partial charge < -0.3 is 0 Å². The Labute approximate surface area is 140 Å². The average Bonchev–Trinajstić information content (AvgIpc) is 3.16. The topological polar surface area (TPSA) is 0 Å². The Morgan fingerprint density at radius 2 is 1.91 bits per heavy atom. The van der Waals surface area contributed by atoms with E-state index in [1.54, 1.807) is 24.4 Å². The Balaban J connectivity index is 1.90. The second kappa shape index (κ2) is 5.91. The first-order valence-electron chi connectivity index (χ1n) is 8.62. The van der Waals surface area contributed by atoms with E-state index in [1.807, 2.05) is 5.57 Å². The maximum atomic E-state index is 2.44. The summed E-state index contributed by atoms with van der Waals surface area (Å²) in [5.74, 6) is 0. The molecule has 0 heterocycles. The minimum atomic E-state index is -1.42. The van der Waals surface area contributed by atoms with E-state index in [9.17, 15) is 0 Å². The van der Waals surface area contributed by atoms with Crippen molar-refractivity contribution in [2.24, 2.45) is 0 Å². The zero-order valence-corrected chi connectivity index (χ0v) is 15.2. The van der Waals surface area contributed by atoms with Crippen LogP contribution in [0.1, 0.15) is 61.3 Å². The van der Waals surface area contributed by atoms with Gasteiger partial charge in [-0.05, 0) is 0 Å². The summed E-state index contributed by atoms with van der Waals surface area (Å²) in [4.78, 5) is 0. The second-order valence-corrected chi connectivity index (χ2v) is 11.7. The molecule has 4 rings (SSSR count). The van der Waals surface area contributed by atoms with Crippen LogP contribution in [-0.2, 0) is 17.4 Å². The van der Waals surface area contributed by atoms with Gasteiger partial charge in [0.2, 0.25) is 0 Å². The standard InChI is InChI=1S/C13H13.C5H5.C3H6.Ti/c1-3-7-12-10(5-1)9-11-6-2-4-8-13(11)12;1-2-4-5-3-1;1-3-2;/h1,3,5,7,9H,2,4,6,8H2;1-3H,4H2;1-2H3;. The van der Waals surface area contributed by atoms with E-state index in [2.05, 4.69) is 56.3 Å². The van der Waals surface area contributed by atoms with Crippen LogP contribution in [0.5, 0.6) is 0 Å². The van der Waals surface area contributed by atoms with Gasteiger partial charge in [0.15, 0.2) is 0 Å². The molecule has 3 aliphatic carbocycles. The molecule has 0 aromatic heterocycles. The quantitative estimate of drug-likeness (QED) is 0.608. The van der Waals surface area contributed by atoms with Crippen molar-refractivity contribution >= 4 is 9.38 Å². The summed E-state index contributed by atoms with van der Waals surface area (Å²) in [6.07, 6.45) is 13.7. The zero-order valence-electron chi connectivity index (χ0n) is 13.7. The molecule has 1 atom stereocenters. The van der Waals surface area contributed by atoms with Crippen molar-refractivity contribution in [1.82, 2.24) is 0 Å². The molecule has 1 aromatic carbocycles. The second-order valence-electron chi connectivity index (χ2n) is 6.97. The van der Waals surface area contributed by atoms with E-state index < -0.39 is 17.4 Å². The summed E-state index contributed by atoms with van der Waals surface area (Å²) in [7, 11) is 0. The molecule has 0 saturated heterocycles. The van der Waals surface area contributed by atoms with E-state index >= 15 is 0 Å². The molecule has 0 aliphatic heterocycles. The summed E-state index contributed by atoms with van der Waals surface area (Å²) in [5.41, 5.74) is 6.82. The van der Waals surface area contributed by atoms with E-state index in [-0.39, 0.29) is 0 Å². The fourth-order valence-electron chi connectivity index (χ4n) is 4.54. The van der Waals surface area contributed by atoms with Gasteiger partial charge in [-0.2, -0.15) is 0 Å². The molecule has 0 nitrogen and oxygen atoms in total. The van der Waals surface area contributed by atoms with Crippen molar-refractivity contribution in [2.45, 2.75) is 50.2 Å². The van der Waals surface area contributed by atoms with Crippen molar-refractivity contribution in [3.63, 3.8) is 0 Å². The van der Waals surface area contributed by atoms with Crippen LogP contribution in [0.15, 0.2) is 51.9 Å². The molecule has 0 bridgehead atoms. The predicted molar refractivity (Wildman–Crippen MR) is 92.8 cm³/mol. The van der Waals surface area contributed by atoms with Gasteiger partial charge in [-0.25, -0.2) is 0 Å². The fourth-order valence-corrected chi connectivity index (χ4v) is 9.90. The van der Waals surface area contributed by atoms with E-state index in [4.69, 9.17) is 0 Å². The molecule has 1 heteroatoms. The number of hydrogen-bond donors (Lipinski definition) is 0. The number of benzene rings is 1. The normalized spacial score (nSPS) is 22.5. The number of allylic oxidation sites excluding steroid dienone is 6. The van der Waals surface area contributed by atoms with Crippen LogP contribution in [0, 0.1) is 0 Å². The molecule has 0 radical (unpaired) electrons. The van der Waals surface area contributed by atoms with Crippen LogP contribution in [-0.4, -0.2) is 3.81 Å². The molecule has 0 saturated carbocycles. The third kappa shape index (κ3) is 2.28. The summed E-state index contributed by atoms with van der Waals surface area (Å²) in [6, 6.07) is 9.31. The van der Waals surface area contributed by atoms with Gasteiger partial charge in [-0.3, -0.25) is 0 Å². The van der Waals surface area contributed by atoms with Gasteiger partial charge in [0.1, 0.15) is 0 Å². The first-order valence-corrected chi connectivity index (χ1v) is 11.1. The van der Waals surface area contributed by atoms with Crippen LogP contribution in [0.4, 0.5) is 0 Å². The molecule has 1 unspecified atom stereocenters. The molecule has 0 spiro atoms. The summed E-state index contributed by atoms with van der Waals surface area (Å²) in [5, 5.41) is 0. The van der Waals surface area contributed by atoms with Gasteiger partial charge in [0, 0.05) is 0 Å². The van der Waals surface area contributed by atoms with E-state index in [0.717, 1.165) is 4.22 Å². The molecule has 3 aliphatic rings. The van der Waals surface area contributed by atoms with Crippen LogP contribution in [0.25, 0.3) is 5.57 Å². The van der Waals surface area contributed by atoms with E-state index in [1.165, 1.54) is 32.1 Å². The van der Waals surface area contributed by atoms with Crippen LogP contribution in [0.3, 0.4) is 0 Å². The summed E-state index contributed by atoms with van der Waals surface area (Å²) in [6.45, 7) is 4.80. The first kappa shape index (κ1) is 14.6. The first-order chi connectivity index (χ1) is 10.8. The van der Waals surface area contributed by atoms with Gasteiger partial charge in [-0.15, -0.1) is 0 Å². The maximum absolute atomic E-state index is 2.44. The fraction of sp³-hybridized carbons (Fsp3) is 0.381. The van der Waals surface area contributed by atoms with Crippen molar-refractivity contribution in [1.29, 1.82) is 0 Å². The number of rotatable bonds is 2. The predicted octanol–water partition coefficient (Wildman–Crippen LogP) is 5.74. The van der Waals surface area contributed by atoms with Crippen molar-refractivity contribution in [3.8, 4) is 0 Å². The zero-order chi connectivity index (χ0) is 15.1. The molecule has 112 valence electrons. The molecule has 1 aromatic rings. The summed E-state index contributed by atoms with van der Waals surface area (Å²) < 4.78 is 4.27. The molecule has 22 heavy (non-hydrogen) atoms. The minimum absolute atomic E-state index is 0.766. The van der Waals surface area contributed by atoms with Crippen LogP contribution in [0.2, 0.25) is 0 Å². The van der Waals surface area contributed by atoms with E-state index in [0.29, 0.717) is 0 Å². The van der Waals surface area contributed by atoms with Crippen molar-refractivity contribution < 1.29 is 17.4 Å². The summed E-state index contributed by atoms with van der Waals surface area (Å²) >= 11 is -1.42. The number of fused-ring (bicyclic) bond motifs is 2. The Hall–Kier alpha value is -0.976. The third-order valence-corrected chi connectivity index (χ3v) is 10.7. The Bertz CT molecular complexity index is 739. The van der Waals surface area contributed by atoms with Crippen LogP contribution < -0.4 is 0 Å². The Kier molecular flexibility index (Phi) is 3.92. The molecular weight excluding hydrogens is 300 g/mol. The van der Waals surface area contributed by atoms with Crippen LogP contribution >= 0.6 is 0 Å². The van der Waals surface area contributed by atoms with Crippen molar-refractivity contribution in [3.05, 3.63) is 63.1 Å². The van der Waals surface area contributed by atoms with Gasteiger partial charge in [0.25, 0.3) is 0 Å². The number of hydrogen-bond acceptors (Lipinski definition) is 0. The average molecular weight is 324 g/mol. The van der Waals surface area contributed by atoms with Gasteiger partial charge in [0.05, 0.1) is 0 Å². The SMILES string of the molecule is C[C](C)=[Ti]([C]1=CC=CC1)[CH]1C2=C(CCCC2)c2ccccc21. The third-order valence-electron chi connectivity index (χ3n) is 5.40.